The van der Waals surface area contributed by atoms with Crippen molar-refractivity contribution < 1.29 is 18.8 Å². The maximum Gasteiger partial charge on any atom is 0.339 e. The Morgan fingerprint density at radius 1 is 1.19 bits per heavy atom. The summed E-state index contributed by atoms with van der Waals surface area (Å²) in [6.07, 6.45) is 5.69. The van der Waals surface area contributed by atoms with E-state index in [1.807, 2.05) is 19.2 Å². The van der Waals surface area contributed by atoms with Crippen LogP contribution >= 0.6 is 0 Å². The standard InChI is InChI=1S/C20H19N3O4/c1-12-16(11-26-18-8-6-15(10-22-18)20(24)25-2)19(23-27-12)14-5-7-17(21-9-14)13-3-4-13/h5-10,13H,3-4,11H2,1-2H3. The number of hydrogen-bond donors (Lipinski definition) is 0. The summed E-state index contributed by atoms with van der Waals surface area (Å²) < 4.78 is 15.8. The first-order valence-corrected chi connectivity index (χ1v) is 8.74. The van der Waals surface area contributed by atoms with Crippen molar-refractivity contribution in [2.24, 2.45) is 0 Å². The third kappa shape index (κ3) is 3.67. The predicted octanol–water partition coefficient (Wildman–Crippen LogP) is 3.68. The van der Waals surface area contributed by atoms with Crippen molar-refractivity contribution in [2.45, 2.75) is 32.3 Å². The zero-order valence-electron chi connectivity index (χ0n) is 15.1. The lowest BCUT2D eigenvalue weighted by Gasteiger charge is -2.07. The molecular formula is C20H19N3O4. The average Bonchev–Trinajstić information content (AvgIpc) is 3.50. The van der Waals surface area contributed by atoms with E-state index in [1.165, 1.54) is 26.1 Å². The predicted molar refractivity (Wildman–Crippen MR) is 96.4 cm³/mol. The maximum absolute atomic E-state index is 11.5. The van der Waals surface area contributed by atoms with Gasteiger partial charge in [0, 0.05) is 35.6 Å². The average molecular weight is 365 g/mol. The highest BCUT2D eigenvalue weighted by Crippen LogP contribution is 2.39. The molecule has 3 heterocycles. The molecule has 7 nitrogen and oxygen atoms in total. The molecule has 1 saturated carbocycles. The van der Waals surface area contributed by atoms with Gasteiger partial charge in [-0.15, -0.1) is 0 Å². The molecule has 27 heavy (non-hydrogen) atoms. The van der Waals surface area contributed by atoms with Crippen LogP contribution < -0.4 is 4.74 Å². The third-order valence-corrected chi connectivity index (χ3v) is 4.56. The van der Waals surface area contributed by atoms with E-state index in [-0.39, 0.29) is 6.61 Å². The van der Waals surface area contributed by atoms with Crippen LogP contribution in [0.3, 0.4) is 0 Å². The van der Waals surface area contributed by atoms with Crippen molar-refractivity contribution in [3.63, 3.8) is 0 Å². The van der Waals surface area contributed by atoms with Crippen LogP contribution in [-0.2, 0) is 11.3 Å². The molecule has 0 unspecified atom stereocenters. The normalized spacial score (nSPS) is 13.4. The number of ether oxygens (including phenoxy) is 2. The summed E-state index contributed by atoms with van der Waals surface area (Å²) in [5, 5.41) is 4.16. The number of carbonyl (C=O) groups is 1. The minimum atomic E-state index is -0.437. The molecule has 1 aliphatic carbocycles. The molecular weight excluding hydrogens is 346 g/mol. The summed E-state index contributed by atoms with van der Waals surface area (Å²) in [5.41, 5.74) is 3.95. The van der Waals surface area contributed by atoms with Gasteiger partial charge in [0.25, 0.3) is 0 Å². The van der Waals surface area contributed by atoms with Crippen LogP contribution in [-0.4, -0.2) is 28.2 Å². The fraction of sp³-hybridized carbons (Fsp3) is 0.300. The Kier molecular flexibility index (Phi) is 4.58. The zero-order chi connectivity index (χ0) is 18.8. The summed E-state index contributed by atoms with van der Waals surface area (Å²) in [5.74, 6) is 1.26. The Hall–Kier alpha value is -3.22. The van der Waals surface area contributed by atoms with Gasteiger partial charge in [-0.25, -0.2) is 9.78 Å². The van der Waals surface area contributed by atoms with Crippen molar-refractivity contribution >= 4 is 5.97 Å². The SMILES string of the molecule is COC(=O)c1ccc(OCc2c(-c3ccc(C4CC4)nc3)noc2C)nc1. The number of aromatic nitrogens is 3. The second-order valence-corrected chi connectivity index (χ2v) is 6.48. The minimum Gasteiger partial charge on any atom is -0.473 e. The number of pyridine rings is 2. The van der Waals surface area contributed by atoms with Crippen molar-refractivity contribution in [1.82, 2.24) is 15.1 Å². The highest BCUT2D eigenvalue weighted by atomic mass is 16.5. The largest absolute Gasteiger partial charge is 0.473 e. The lowest BCUT2D eigenvalue weighted by Crippen LogP contribution is -2.03. The number of carbonyl (C=O) groups excluding carboxylic acids is 1. The van der Waals surface area contributed by atoms with E-state index >= 15 is 0 Å². The highest BCUT2D eigenvalue weighted by Gasteiger charge is 2.25. The Balaban J connectivity index is 1.49. The van der Waals surface area contributed by atoms with Gasteiger partial charge < -0.3 is 14.0 Å². The molecule has 0 N–H and O–H groups in total. The van der Waals surface area contributed by atoms with Crippen LogP contribution in [0.25, 0.3) is 11.3 Å². The number of methoxy groups -OCH3 is 1. The van der Waals surface area contributed by atoms with Crippen LogP contribution in [0.4, 0.5) is 0 Å². The topological polar surface area (TPSA) is 87.3 Å². The summed E-state index contributed by atoms with van der Waals surface area (Å²) in [7, 11) is 1.33. The zero-order valence-corrected chi connectivity index (χ0v) is 15.1. The molecule has 0 saturated heterocycles. The number of esters is 1. The van der Waals surface area contributed by atoms with E-state index in [9.17, 15) is 4.79 Å². The third-order valence-electron chi connectivity index (χ3n) is 4.56. The van der Waals surface area contributed by atoms with E-state index in [4.69, 9.17) is 9.26 Å². The van der Waals surface area contributed by atoms with Gasteiger partial charge in [0.2, 0.25) is 5.88 Å². The van der Waals surface area contributed by atoms with Crippen molar-refractivity contribution in [3.8, 4) is 17.1 Å². The van der Waals surface area contributed by atoms with Crippen LogP contribution in [0.15, 0.2) is 41.2 Å². The molecule has 0 radical (unpaired) electrons. The van der Waals surface area contributed by atoms with E-state index < -0.39 is 5.97 Å². The second-order valence-electron chi connectivity index (χ2n) is 6.48. The molecule has 1 aliphatic rings. The van der Waals surface area contributed by atoms with Gasteiger partial charge in [0.1, 0.15) is 18.1 Å². The summed E-state index contributed by atoms with van der Waals surface area (Å²) in [6.45, 7) is 2.09. The van der Waals surface area contributed by atoms with Crippen molar-refractivity contribution in [3.05, 3.63) is 59.2 Å². The first kappa shape index (κ1) is 17.2. The van der Waals surface area contributed by atoms with Gasteiger partial charge >= 0.3 is 5.97 Å². The van der Waals surface area contributed by atoms with Crippen molar-refractivity contribution in [2.75, 3.05) is 7.11 Å². The summed E-state index contributed by atoms with van der Waals surface area (Å²) in [6, 6.07) is 7.30. The Morgan fingerprint density at radius 2 is 2.04 bits per heavy atom. The lowest BCUT2D eigenvalue weighted by atomic mass is 10.1. The maximum atomic E-state index is 11.5. The molecule has 4 rings (SSSR count). The summed E-state index contributed by atoms with van der Waals surface area (Å²) in [4.78, 5) is 20.1. The molecule has 0 atom stereocenters. The molecule has 0 aliphatic heterocycles. The molecule has 1 fully saturated rings. The molecule has 3 aromatic rings. The molecule has 0 amide bonds. The van der Waals surface area contributed by atoms with Crippen LogP contribution in [0.2, 0.25) is 0 Å². The van der Waals surface area contributed by atoms with Crippen LogP contribution in [0.1, 0.15) is 46.1 Å². The fourth-order valence-electron chi connectivity index (χ4n) is 2.80. The molecule has 7 heteroatoms. The van der Waals surface area contributed by atoms with E-state index in [1.54, 1.807) is 12.1 Å². The van der Waals surface area contributed by atoms with Crippen molar-refractivity contribution in [1.29, 1.82) is 0 Å². The van der Waals surface area contributed by atoms with Gasteiger partial charge in [-0.1, -0.05) is 5.16 Å². The van der Waals surface area contributed by atoms with Gasteiger partial charge in [0.15, 0.2) is 0 Å². The molecule has 0 aromatic carbocycles. The molecule has 138 valence electrons. The summed E-state index contributed by atoms with van der Waals surface area (Å²) >= 11 is 0. The second kappa shape index (κ2) is 7.19. The van der Waals surface area contributed by atoms with E-state index in [0.29, 0.717) is 28.8 Å². The molecule has 0 bridgehead atoms. The number of nitrogens with zero attached hydrogens (tertiary/aromatic N) is 3. The number of rotatable bonds is 6. The van der Waals surface area contributed by atoms with E-state index in [0.717, 1.165) is 16.8 Å². The van der Waals surface area contributed by atoms with Gasteiger partial charge in [-0.3, -0.25) is 4.98 Å². The fourth-order valence-corrected chi connectivity index (χ4v) is 2.80. The quantitative estimate of drug-likeness (QED) is 0.616. The smallest absolute Gasteiger partial charge is 0.339 e. The van der Waals surface area contributed by atoms with Gasteiger partial charge in [-0.2, -0.15) is 0 Å². The minimum absolute atomic E-state index is 0.250. The van der Waals surface area contributed by atoms with Crippen LogP contribution in [0, 0.1) is 6.92 Å². The van der Waals surface area contributed by atoms with E-state index in [2.05, 4.69) is 25.9 Å². The molecule has 3 aromatic heterocycles. The van der Waals surface area contributed by atoms with Gasteiger partial charge in [0.05, 0.1) is 18.2 Å². The lowest BCUT2D eigenvalue weighted by molar-refractivity contribution is 0.0600. The number of aryl methyl sites for hydroxylation is 1. The monoisotopic (exact) mass is 365 g/mol. The highest BCUT2D eigenvalue weighted by molar-refractivity contribution is 5.88. The number of hydrogen-bond acceptors (Lipinski definition) is 7. The molecule has 0 spiro atoms. The van der Waals surface area contributed by atoms with Crippen LogP contribution in [0.5, 0.6) is 5.88 Å². The Labute approximate surface area is 156 Å². The Bertz CT molecular complexity index is 944. The Morgan fingerprint density at radius 3 is 2.67 bits per heavy atom. The first-order chi connectivity index (χ1) is 13.2. The van der Waals surface area contributed by atoms with Gasteiger partial charge in [-0.05, 0) is 38.0 Å². The first-order valence-electron chi connectivity index (χ1n) is 8.74.